The van der Waals surface area contributed by atoms with Crippen molar-refractivity contribution in [3.63, 3.8) is 0 Å². The third-order valence-electron chi connectivity index (χ3n) is 19.3. The second-order valence-electron chi connectivity index (χ2n) is 31.2. The number of para-hydroxylation sites is 6. The van der Waals surface area contributed by atoms with Crippen LogP contribution in [0.2, 0.25) is 0 Å². The number of nitrogens with zero attached hydrogens (tertiary/aromatic N) is 1. The Morgan fingerprint density at radius 3 is 1.06 bits per heavy atom. The summed E-state index contributed by atoms with van der Waals surface area (Å²) in [6, 6.07) is 81.0. The molecule has 10 N–H and O–H groups in total. The molecule has 12 aromatic rings. The van der Waals surface area contributed by atoms with Crippen molar-refractivity contribution in [1.29, 1.82) is 5.26 Å². The molecule has 12 rings (SSSR count). The van der Waals surface area contributed by atoms with Crippen LogP contribution in [-0.2, 0) is 95.3 Å². The number of ketones is 3. The molecule has 742 valence electrons. The molecule has 0 bridgehead atoms. The predicted molar refractivity (Wildman–Crippen MR) is 558 cm³/mol. The first-order chi connectivity index (χ1) is 67.2. The van der Waals surface area contributed by atoms with Crippen molar-refractivity contribution in [2.24, 2.45) is 0 Å². The fraction of sp³-hybridized carbons (Fsp3) is 0.184. The molecule has 0 heterocycles. The maximum absolute atomic E-state index is 12.5. The van der Waals surface area contributed by atoms with Crippen LogP contribution in [0.3, 0.4) is 0 Å². The summed E-state index contributed by atoms with van der Waals surface area (Å²) in [6.07, 6.45) is 20.3. The molecule has 0 aliphatic heterocycles. The highest BCUT2D eigenvalue weighted by Gasteiger charge is 2.23. The summed E-state index contributed by atoms with van der Waals surface area (Å²) < 4.78 is 167. The van der Waals surface area contributed by atoms with E-state index in [1.807, 2.05) is 30.3 Å². The van der Waals surface area contributed by atoms with Gasteiger partial charge in [0.1, 0.15) is 11.8 Å². The highest BCUT2D eigenvalue weighted by molar-refractivity contribution is 7.93. The Hall–Kier alpha value is -15.6. The number of nitrogens with one attached hydrogen (secondary N) is 10. The van der Waals surface area contributed by atoms with E-state index in [-0.39, 0.29) is 105 Å². The van der Waals surface area contributed by atoms with Crippen LogP contribution in [0, 0.1) is 36.0 Å². The van der Waals surface area contributed by atoms with E-state index in [9.17, 15) is 84.1 Å². The molecule has 0 fully saturated rings. The number of amides is 4. The first kappa shape index (κ1) is 113. The van der Waals surface area contributed by atoms with Gasteiger partial charge in [-0.05, 0) is 200 Å². The zero-order valence-electron chi connectivity index (χ0n) is 79.0. The zero-order chi connectivity index (χ0) is 104. The summed E-state index contributed by atoms with van der Waals surface area (Å²) in [5.74, 6) is 3.02. The van der Waals surface area contributed by atoms with E-state index in [1.165, 1.54) is 63.1 Å². The molecule has 0 saturated heterocycles. The van der Waals surface area contributed by atoms with E-state index in [0.717, 1.165) is 68.1 Å². The zero-order valence-corrected chi connectivity index (χ0v) is 83.9. The molecule has 33 nitrogen and oxygen atoms in total. The van der Waals surface area contributed by atoms with Gasteiger partial charge in [0.2, 0.25) is 60.1 Å². The largest absolute Gasteiger partial charge is 0.495 e. The van der Waals surface area contributed by atoms with E-state index < -0.39 is 77.9 Å². The summed E-state index contributed by atoms with van der Waals surface area (Å²) in [5, 5.41) is 19.9. The summed E-state index contributed by atoms with van der Waals surface area (Å²) in [5.41, 5.74) is 11.2. The smallest absolute Gasteiger partial charge is 0.257 e. The molecule has 0 radical (unpaired) electrons. The number of unbranched alkanes of at least 4 members (excludes halogenated alkanes) is 1. The molecule has 142 heavy (non-hydrogen) atoms. The molecule has 0 saturated carbocycles. The van der Waals surface area contributed by atoms with Gasteiger partial charge in [0.25, 0.3) is 23.6 Å². The maximum atomic E-state index is 12.5. The highest BCUT2D eigenvalue weighted by atomic mass is 32.2. The van der Waals surface area contributed by atoms with Gasteiger partial charge in [-0.25, -0.2) is 50.5 Å². The first-order valence-electron chi connectivity index (χ1n) is 42.9. The van der Waals surface area contributed by atoms with Crippen molar-refractivity contribution >= 4 is 158 Å². The topological polar surface area (TPSA) is 496 Å². The number of sulfonamides is 6. The molecule has 4 amide bonds. The summed E-state index contributed by atoms with van der Waals surface area (Å²) in [7, 11) is -16.4. The number of aryl methyl sites for hydroxylation is 1. The lowest BCUT2D eigenvalue weighted by molar-refractivity contribution is 0.0985. The predicted octanol–water partition coefficient (Wildman–Crippen LogP) is 15.8. The molecule has 0 spiro atoms. The van der Waals surface area contributed by atoms with Crippen LogP contribution < -0.4 is 54.3 Å². The van der Waals surface area contributed by atoms with Crippen LogP contribution in [0.1, 0.15) is 138 Å². The fourth-order valence-electron chi connectivity index (χ4n) is 12.8. The van der Waals surface area contributed by atoms with E-state index in [1.54, 1.807) is 219 Å². The number of terminal acetylenes is 2. The number of hydrogen-bond acceptors (Lipinski definition) is 23. The fourth-order valence-corrected chi connectivity index (χ4v) is 16.7. The van der Waals surface area contributed by atoms with Gasteiger partial charge >= 0.3 is 0 Å². The average Bonchev–Trinajstić information content (AvgIpc) is 0.837. The lowest BCUT2D eigenvalue weighted by atomic mass is 9.99. The molecule has 0 unspecified atom stereocenters. The van der Waals surface area contributed by atoms with Crippen molar-refractivity contribution in [3.8, 4) is 36.5 Å². The number of anilines is 10. The van der Waals surface area contributed by atoms with Crippen LogP contribution in [0.4, 0.5) is 56.9 Å². The number of ether oxygens (including phenoxy) is 3. The standard InChI is InChI=1S/C19H23NO3S.C18H18N2O4S.C17H20N2O4S.C17H17NO4S.C16H15N3O4S.C16H14N2O3S/c1-3-4-7-15-10-12-16(13-11-15)14-19(21)17-8-5-6-9-18(17)20-24(2,22)23;1-3-14-8-10-15(11-9-14)19-18(21)16-6-4-5-7-17(16)20-25(22,23)13-12-24-2;1-23-12-11-13-7-9-14(10-8-13)18-17(20)15-5-3-4-6-16(15)19-24(2,21)22;1-12(19)14-7-5-6-13(10-14)11-17(20)15-8-3-4-9-16(15)18-23(2,21)22;1-23-15-8-7-12(9-11(15)10-17)18-16(20)13-5-3-4-6-14(13)19-24(2,21)22;1-3-12-7-6-8-13(11-12)17-16(19)14-9-4-5-10-15(14)18-22(2,20)21/h5-6,8-13,20H,3-4,7,14H2,1-2H3;1,4-11,20H,12-13H2,2H3,(H,19,21);3-10,19H,11-12H2,1-2H3,(H,18,20);3-10,18H,11H2,1-2H3;3-9,19H,1-2H3,(H,18,20);1,4-11,18H,2H3,(H,17,19). The van der Waals surface area contributed by atoms with Crippen molar-refractivity contribution in [2.75, 3.05) is 121 Å². The summed E-state index contributed by atoms with van der Waals surface area (Å²) in [4.78, 5) is 86.1. The number of Topliss-reactive ketones (excluding diaryl/α,β-unsaturated/α-hetero) is 3. The van der Waals surface area contributed by atoms with E-state index in [2.05, 4.69) is 80.5 Å². The Kier molecular flexibility index (Phi) is 43.6. The number of carbonyl (C=O) groups is 7. The van der Waals surface area contributed by atoms with Gasteiger partial charge in [-0.15, -0.1) is 12.8 Å². The SMILES string of the molecule is C#Cc1ccc(NC(=O)c2ccccc2NS(=O)(=O)CCOC)cc1.C#Cc1cccc(NC(=O)c2ccccc2NS(C)(=O)=O)c1.CC(=O)c1cccc(CC(=O)c2ccccc2NS(C)(=O)=O)c1.CCCCc1ccc(CC(=O)c2ccccc2NS(C)(=O)=O)cc1.COCCc1ccc(NC(=O)c2ccccc2NS(C)(=O)=O)cc1.COc1ccc(NC(=O)c2ccccc2NS(C)(=O)=O)cc1C#N. The molecule has 12 aromatic carbocycles. The minimum absolute atomic E-state index is 0.0607. The van der Waals surface area contributed by atoms with Crippen LogP contribution in [0.25, 0.3) is 0 Å². The highest BCUT2D eigenvalue weighted by Crippen LogP contribution is 2.29. The van der Waals surface area contributed by atoms with E-state index in [4.69, 9.17) is 32.3 Å². The van der Waals surface area contributed by atoms with E-state index >= 15 is 0 Å². The molecular weight excluding hydrogens is 1940 g/mol. The minimum Gasteiger partial charge on any atom is -0.495 e. The number of carbonyl (C=O) groups excluding carboxylic acids is 7. The molecule has 0 aliphatic rings. The Morgan fingerprint density at radius 2 is 0.676 bits per heavy atom. The molecule has 0 atom stereocenters. The van der Waals surface area contributed by atoms with Gasteiger partial charge in [0.05, 0.1) is 119 Å². The number of rotatable bonds is 37. The second kappa shape index (κ2) is 54.6. The monoisotopic (exact) mass is 2040 g/mol. The van der Waals surface area contributed by atoms with Gasteiger partial charge in [0.15, 0.2) is 17.3 Å². The average molecular weight is 2040 g/mol. The number of methoxy groups -OCH3 is 3. The number of benzene rings is 12. The minimum atomic E-state index is -3.61. The van der Waals surface area contributed by atoms with Crippen LogP contribution in [-0.4, -0.2) is 163 Å². The van der Waals surface area contributed by atoms with Gasteiger partial charge in [-0.2, -0.15) is 5.26 Å². The molecule has 39 heteroatoms. The number of nitriles is 1. The Balaban J connectivity index is 0.000000231. The van der Waals surface area contributed by atoms with Crippen molar-refractivity contribution in [2.45, 2.75) is 52.4 Å². The van der Waals surface area contributed by atoms with Crippen LogP contribution >= 0.6 is 0 Å². The molecular formula is C103H107N11O22S6. The number of hydrogen-bond donors (Lipinski definition) is 10. The molecule has 0 aliphatic carbocycles. The van der Waals surface area contributed by atoms with Gasteiger partial charge in [-0.3, -0.25) is 61.9 Å². The van der Waals surface area contributed by atoms with Crippen molar-refractivity contribution in [3.05, 3.63) is 363 Å². The van der Waals surface area contributed by atoms with Gasteiger partial charge in [-0.1, -0.05) is 159 Å². The first-order valence-corrected chi connectivity index (χ1v) is 54.0. The van der Waals surface area contributed by atoms with Crippen molar-refractivity contribution in [1.82, 2.24) is 0 Å². The maximum Gasteiger partial charge on any atom is 0.257 e. The third kappa shape index (κ3) is 40.4. The molecule has 0 aromatic heterocycles. The Labute approximate surface area is 828 Å². The Bertz CT molecular complexity index is 7220. The summed E-state index contributed by atoms with van der Waals surface area (Å²) >= 11 is 0. The lowest BCUT2D eigenvalue weighted by Crippen LogP contribution is -2.22. The summed E-state index contributed by atoms with van der Waals surface area (Å²) in [6.45, 7) is 4.32. The van der Waals surface area contributed by atoms with Crippen LogP contribution in [0.5, 0.6) is 5.75 Å². The van der Waals surface area contributed by atoms with Gasteiger partial charge in [0, 0.05) is 77.6 Å². The van der Waals surface area contributed by atoms with Crippen LogP contribution in [0.15, 0.2) is 285 Å². The van der Waals surface area contributed by atoms with E-state index in [0.29, 0.717) is 74.2 Å². The van der Waals surface area contributed by atoms with Gasteiger partial charge < -0.3 is 35.5 Å². The quantitative estimate of drug-likeness (QED) is 0.0128. The lowest BCUT2D eigenvalue weighted by Gasteiger charge is -2.12. The Morgan fingerprint density at radius 1 is 0.338 bits per heavy atom. The normalized spacial score (nSPS) is 10.9. The third-order valence-corrected chi connectivity index (χ3v) is 23.5. The van der Waals surface area contributed by atoms with Crippen molar-refractivity contribution < 1.29 is 98.3 Å². The second-order valence-corrected chi connectivity index (χ2v) is 41.7.